The SMILES string of the molecule is CC(=O)S1=CC(F)=C(N)C=C(C)C1. The third-order valence-electron chi connectivity index (χ3n) is 1.68. The van der Waals surface area contributed by atoms with Crippen LogP contribution in [0.5, 0.6) is 0 Å². The summed E-state index contributed by atoms with van der Waals surface area (Å²) in [5.74, 6) is 0.110. The molecule has 1 atom stereocenters. The standard InChI is InChI=1S/C9H12FNOS/c1-6-3-9(11)8(10)5-13(4-6)7(2)12/h3,5H,4,11H2,1-2H3. The lowest BCUT2D eigenvalue weighted by molar-refractivity contribution is -0.109. The van der Waals surface area contributed by atoms with Gasteiger partial charge in [-0.25, -0.2) is 4.39 Å². The number of allylic oxidation sites excluding steroid dienone is 2. The van der Waals surface area contributed by atoms with E-state index < -0.39 is 16.3 Å². The van der Waals surface area contributed by atoms with E-state index in [2.05, 4.69) is 0 Å². The van der Waals surface area contributed by atoms with Crippen LogP contribution in [0, 0.1) is 0 Å². The fourth-order valence-electron chi connectivity index (χ4n) is 1.04. The van der Waals surface area contributed by atoms with Crippen LogP contribution in [-0.4, -0.2) is 16.2 Å². The van der Waals surface area contributed by atoms with E-state index in [0.717, 1.165) is 5.57 Å². The zero-order valence-corrected chi connectivity index (χ0v) is 8.45. The second-order valence-electron chi connectivity index (χ2n) is 2.98. The number of carbonyl (C=O) groups is 1. The zero-order chi connectivity index (χ0) is 10.0. The molecule has 0 radical (unpaired) electrons. The van der Waals surface area contributed by atoms with Crippen LogP contribution in [0.4, 0.5) is 4.39 Å². The van der Waals surface area contributed by atoms with Crippen LogP contribution in [0.15, 0.2) is 23.2 Å². The first kappa shape index (κ1) is 10.2. The normalized spacial score (nSPS) is 23.3. The van der Waals surface area contributed by atoms with Crippen molar-refractivity contribution in [1.29, 1.82) is 0 Å². The van der Waals surface area contributed by atoms with Gasteiger partial charge in [0.25, 0.3) is 0 Å². The molecule has 0 bridgehead atoms. The molecule has 1 aliphatic rings. The van der Waals surface area contributed by atoms with Crippen LogP contribution >= 0.6 is 10.5 Å². The number of nitrogens with two attached hydrogens (primary N) is 1. The Labute approximate surface area is 79.2 Å². The molecule has 0 aromatic heterocycles. The summed E-state index contributed by atoms with van der Waals surface area (Å²) in [6.45, 7) is 3.32. The predicted molar refractivity (Wildman–Crippen MR) is 55.3 cm³/mol. The van der Waals surface area contributed by atoms with Crippen LogP contribution in [0.25, 0.3) is 0 Å². The van der Waals surface area contributed by atoms with E-state index in [1.54, 1.807) is 6.08 Å². The minimum atomic E-state index is -0.640. The summed E-state index contributed by atoms with van der Waals surface area (Å²) in [5.41, 5.74) is 6.48. The van der Waals surface area contributed by atoms with E-state index in [1.807, 2.05) is 6.92 Å². The van der Waals surface area contributed by atoms with Crippen LogP contribution in [0.1, 0.15) is 13.8 Å². The molecule has 0 fully saturated rings. The van der Waals surface area contributed by atoms with Crippen molar-refractivity contribution >= 4 is 21.0 Å². The van der Waals surface area contributed by atoms with Gasteiger partial charge in [0, 0.05) is 18.0 Å². The smallest absolute Gasteiger partial charge is 0.180 e. The average Bonchev–Trinajstić information content (AvgIpc) is 2.12. The van der Waals surface area contributed by atoms with Crippen molar-refractivity contribution in [2.75, 3.05) is 5.75 Å². The summed E-state index contributed by atoms with van der Waals surface area (Å²) in [6.07, 6.45) is 1.59. The van der Waals surface area contributed by atoms with Crippen molar-refractivity contribution in [3.05, 3.63) is 23.2 Å². The van der Waals surface area contributed by atoms with Crippen LogP contribution in [-0.2, 0) is 4.79 Å². The Kier molecular flexibility index (Phi) is 3.03. The Morgan fingerprint density at radius 1 is 1.69 bits per heavy atom. The Morgan fingerprint density at radius 3 is 2.85 bits per heavy atom. The summed E-state index contributed by atoms with van der Waals surface area (Å²) < 4.78 is 13.1. The Bertz CT molecular complexity index is 342. The lowest BCUT2D eigenvalue weighted by atomic mass is 10.2. The lowest BCUT2D eigenvalue weighted by Gasteiger charge is -2.01. The topological polar surface area (TPSA) is 43.1 Å². The first-order valence-electron chi connectivity index (χ1n) is 3.88. The fraction of sp³-hybridized carbons (Fsp3) is 0.333. The van der Waals surface area contributed by atoms with Crippen molar-refractivity contribution in [1.82, 2.24) is 0 Å². The minimum absolute atomic E-state index is 0.00222. The molecule has 0 saturated carbocycles. The largest absolute Gasteiger partial charge is 0.396 e. The fourth-order valence-corrected chi connectivity index (χ4v) is 2.45. The summed E-state index contributed by atoms with van der Waals surface area (Å²) in [5, 5.41) is 1.32. The van der Waals surface area contributed by atoms with Crippen molar-refractivity contribution in [3.63, 3.8) is 0 Å². The van der Waals surface area contributed by atoms with E-state index >= 15 is 0 Å². The number of halogens is 1. The monoisotopic (exact) mass is 201 g/mol. The van der Waals surface area contributed by atoms with Gasteiger partial charge in [-0.2, -0.15) is 0 Å². The number of carbonyl (C=O) groups excluding carboxylic acids is 1. The molecule has 4 heteroatoms. The van der Waals surface area contributed by atoms with Crippen molar-refractivity contribution in [3.8, 4) is 0 Å². The highest BCUT2D eigenvalue weighted by atomic mass is 32.2. The molecule has 1 heterocycles. The molecule has 1 unspecified atom stereocenters. The summed E-state index contributed by atoms with van der Waals surface area (Å²) >= 11 is 0. The van der Waals surface area contributed by atoms with E-state index in [0.29, 0.717) is 5.75 Å². The number of hydrogen-bond acceptors (Lipinski definition) is 2. The highest BCUT2D eigenvalue weighted by molar-refractivity contribution is 8.27. The first-order chi connectivity index (χ1) is 6.00. The molecule has 0 aromatic rings. The van der Waals surface area contributed by atoms with E-state index in [1.165, 1.54) is 12.3 Å². The van der Waals surface area contributed by atoms with Crippen molar-refractivity contribution in [2.45, 2.75) is 13.8 Å². The molecular weight excluding hydrogens is 189 g/mol. The van der Waals surface area contributed by atoms with Gasteiger partial charge in [-0.15, -0.1) is 10.5 Å². The average molecular weight is 201 g/mol. The molecule has 0 aromatic carbocycles. The quantitative estimate of drug-likeness (QED) is 0.606. The van der Waals surface area contributed by atoms with Crippen LogP contribution in [0.2, 0.25) is 0 Å². The molecule has 0 saturated heterocycles. The van der Waals surface area contributed by atoms with Crippen molar-refractivity contribution < 1.29 is 9.18 Å². The summed E-state index contributed by atoms with van der Waals surface area (Å²) in [4.78, 5) is 11.1. The lowest BCUT2D eigenvalue weighted by Crippen LogP contribution is -1.97. The highest BCUT2D eigenvalue weighted by Gasteiger charge is 2.10. The van der Waals surface area contributed by atoms with Gasteiger partial charge in [0.15, 0.2) is 10.9 Å². The summed E-state index contributed by atoms with van der Waals surface area (Å²) in [7, 11) is -0.640. The van der Waals surface area contributed by atoms with Crippen LogP contribution in [0.3, 0.4) is 0 Å². The molecule has 13 heavy (non-hydrogen) atoms. The van der Waals surface area contributed by atoms with Crippen molar-refractivity contribution in [2.24, 2.45) is 5.73 Å². The predicted octanol–water partition coefficient (Wildman–Crippen LogP) is 1.70. The maximum absolute atomic E-state index is 13.1. The molecule has 0 amide bonds. The van der Waals surface area contributed by atoms with E-state index in [4.69, 9.17) is 5.73 Å². The van der Waals surface area contributed by atoms with E-state index in [-0.39, 0.29) is 10.8 Å². The third kappa shape index (κ3) is 2.52. The molecule has 0 spiro atoms. The van der Waals surface area contributed by atoms with Gasteiger partial charge in [-0.1, -0.05) is 5.57 Å². The van der Waals surface area contributed by atoms with Gasteiger partial charge in [0.2, 0.25) is 0 Å². The molecule has 0 aliphatic carbocycles. The third-order valence-corrected chi connectivity index (χ3v) is 3.67. The second-order valence-corrected chi connectivity index (χ2v) is 4.93. The molecule has 1 rings (SSSR count). The molecule has 2 N–H and O–H groups in total. The van der Waals surface area contributed by atoms with Gasteiger partial charge >= 0.3 is 0 Å². The number of rotatable bonds is 0. The van der Waals surface area contributed by atoms with Gasteiger partial charge in [0.1, 0.15) is 0 Å². The van der Waals surface area contributed by atoms with Gasteiger partial charge in [-0.3, -0.25) is 4.79 Å². The first-order valence-corrected chi connectivity index (χ1v) is 5.34. The molecule has 72 valence electrons. The Morgan fingerprint density at radius 2 is 2.31 bits per heavy atom. The minimum Gasteiger partial charge on any atom is -0.396 e. The Hall–Kier alpha value is -0.900. The summed E-state index contributed by atoms with van der Waals surface area (Å²) in [6, 6.07) is 0. The molecular formula is C9H12FNOS. The highest BCUT2D eigenvalue weighted by Crippen LogP contribution is 2.23. The molecule has 1 aliphatic heterocycles. The second kappa shape index (κ2) is 3.87. The van der Waals surface area contributed by atoms with Crippen LogP contribution < -0.4 is 5.73 Å². The van der Waals surface area contributed by atoms with Gasteiger partial charge in [0.05, 0.1) is 5.70 Å². The number of hydrogen-bond donors (Lipinski definition) is 1. The van der Waals surface area contributed by atoms with Gasteiger partial charge < -0.3 is 5.73 Å². The zero-order valence-electron chi connectivity index (χ0n) is 7.63. The maximum Gasteiger partial charge on any atom is 0.180 e. The van der Waals surface area contributed by atoms with E-state index in [9.17, 15) is 9.18 Å². The van der Waals surface area contributed by atoms with Gasteiger partial charge in [-0.05, 0) is 13.0 Å². The Balaban J connectivity index is 3.13. The molecule has 2 nitrogen and oxygen atoms in total. The maximum atomic E-state index is 13.1.